The highest BCUT2D eigenvalue weighted by Crippen LogP contribution is 2.35. The summed E-state index contributed by atoms with van der Waals surface area (Å²) in [7, 11) is 1.61. The molecule has 2 N–H and O–H groups in total. The third kappa shape index (κ3) is 7.99. The maximum atomic E-state index is 12.6. The molecular formula is C37H52N8O3. The van der Waals surface area contributed by atoms with E-state index in [2.05, 4.69) is 60.5 Å². The number of nitrogens with one attached hydrogen (secondary N) is 2. The van der Waals surface area contributed by atoms with Gasteiger partial charge in [-0.3, -0.25) is 14.4 Å². The Bertz CT molecular complexity index is 1520. The Hall–Kier alpha value is -3.99. The Balaban J connectivity index is 0.960. The van der Waals surface area contributed by atoms with Crippen LogP contribution in [0.25, 0.3) is 10.9 Å². The molecule has 2 aromatic heterocycles. The molecule has 4 heterocycles. The molecule has 48 heavy (non-hydrogen) atoms. The fraction of sp³-hybridized carbons (Fsp3) is 0.595. The normalized spacial score (nSPS) is 19.2. The molecule has 1 aliphatic carbocycles. The molecule has 1 atom stereocenters. The van der Waals surface area contributed by atoms with E-state index in [4.69, 9.17) is 0 Å². The van der Waals surface area contributed by atoms with Crippen LogP contribution in [0, 0.1) is 11.8 Å². The fourth-order valence-electron chi connectivity index (χ4n) is 8.03. The molecule has 0 spiro atoms. The lowest BCUT2D eigenvalue weighted by Gasteiger charge is -2.39. The molecule has 6 rings (SSSR count). The lowest BCUT2D eigenvalue weighted by molar-refractivity contribution is -0.120. The van der Waals surface area contributed by atoms with Crippen LogP contribution in [0.5, 0.6) is 0 Å². The van der Waals surface area contributed by atoms with Crippen LogP contribution in [0.3, 0.4) is 0 Å². The third-order valence-electron chi connectivity index (χ3n) is 11.1. The number of nitrogens with zero attached hydrogens (tertiary/aromatic N) is 6. The van der Waals surface area contributed by atoms with E-state index in [0.29, 0.717) is 30.1 Å². The highest BCUT2D eigenvalue weighted by atomic mass is 16.2. The molecule has 3 fully saturated rings. The zero-order valence-electron chi connectivity index (χ0n) is 28.6. The molecule has 2 aliphatic heterocycles. The van der Waals surface area contributed by atoms with Crippen LogP contribution >= 0.6 is 0 Å². The van der Waals surface area contributed by atoms with Gasteiger partial charge in [-0.05, 0) is 101 Å². The first kappa shape index (κ1) is 33.9. The van der Waals surface area contributed by atoms with Crippen molar-refractivity contribution in [3.63, 3.8) is 0 Å². The SMILES string of the molecule is CNC(=O)CCN(C=O)c1cccc2c1ccn2C(C)C1CCN(CC2CCN(c3ccc(C(=O)NC4CCCCC4)nn3)CC2)CC1. The van der Waals surface area contributed by atoms with E-state index in [9.17, 15) is 14.4 Å². The largest absolute Gasteiger partial charge is 0.359 e. The second-order valence-corrected chi connectivity index (χ2v) is 14.0. The van der Waals surface area contributed by atoms with Crippen molar-refractivity contribution in [3.05, 3.63) is 48.3 Å². The molecule has 11 heteroatoms. The summed E-state index contributed by atoms with van der Waals surface area (Å²) in [5.74, 6) is 1.95. The molecule has 11 nitrogen and oxygen atoms in total. The number of piperidine rings is 2. The number of carbonyl (C=O) groups excluding carboxylic acids is 3. The van der Waals surface area contributed by atoms with Crippen LogP contribution < -0.4 is 20.4 Å². The number of rotatable bonds is 12. The summed E-state index contributed by atoms with van der Waals surface area (Å²) >= 11 is 0. The average Bonchev–Trinajstić information content (AvgIpc) is 3.57. The number of benzene rings is 1. The zero-order chi connectivity index (χ0) is 33.5. The first-order valence-electron chi connectivity index (χ1n) is 18.1. The zero-order valence-corrected chi connectivity index (χ0v) is 28.6. The molecule has 1 unspecified atom stereocenters. The van der Waals surface area contributed by atoms with Gasteiger partial charge in [0.25, 0.3) is 5.91 Å². The summed E-state index contributed by atoms with van der Waals surface area (Å²) in [5, 5.41) is 15.5. The number of hydrogen-bond acceptors (Lipinski definition) is 7. The highest BCUT2D eigenvalue weighted by Gasteiger charge is 2.29. The maximum absolute atomic E-state index is 12.6. The second-order valence-electron chi connectivity index (χ2n) is 14.0. The van der Waals surface area contributed by atoms with E-state index >= 15 is 0 Å². The number of likely N-dealkylation sites (tertiary alicyclic amines) is 1. The highest BCUT2D eigenvalue weighted by molar-refractivity contribution is 5.98. The van der Waals surface area contributed by atoms with Gasteiger partial charge in [-0.1, -0.05) is 25.3 Å². The summed E-state index contributed by atoms with van der Waals surface area (Å²) in [4.78, 5) is 43.0. The standard InChI is InChI=1S/C37H52N8O3/c1-27(45-24-17-31-33(9-6-10-34(31)45)44(26-46)23-18-36(47)38-2)29-15-19-42(20-16-29)25-28-13-21-43(22-14-28)35-12-11-32(40-41-35)37(48)39-30-7-4-3-5-8-30/h6,9-12,17,24,26-30H,3-5,7-8,13-16,18-23,25H2,1-2H3,(H,38,47)(H,39,48). The maximum Gasteiger partial charge on any atom is 0.272 e. The van der Waals surface area contributed by atoms with Crippen LogP contribution in [-0.4, -0.2) is 90.2 Å². The van der Waals surface area contributed by atoms with Gasteiger partial charge in [0.1, 0.15) is 0 Å². The monoisotopic (exact) mass is 656 g/mol. The fourth-order valence-corrected chi connectivity index (χ4v) is 8.03. The topological polar surface area (TPSA) is 116 Å². The third-order valence-corrected chi connectivity index (χ3v) is 11.1. The van der Waals surface area contributed by atoms with E-state index in [-0.39, 0.29) is 24.3 Å². The van der Waals surface area contributed by atoms with Crippen molar-refractivity contribution in [1.29, 1.82) is 0 Å². The lowest BCUT2D eigenvalue weighted by Crippen LogP contribution is -2.42. The molecule has 258 valence electrons. The van der Waals surface area contributed by atoms with E-state index < -0.39 is 0 Å². The minimum atomic E-state index is -0.106. The van der Waals surface area contributed by atoms with Gasteiger partial charge in [0.15, 0.2) is 11.5 Å². The van der Waals surface area contributed by atoms with Gasteiger partial charge >= 0.3 is 0 Å². The summed E-state index contributed by atoms with van der Waals surface area (Å²) in [6.07, 6.45) is 13.6. The number of aromatic nitrogens is 3. The molecule has 1 aromatic carbocycles. The van der Waals surface area contributed by atoms with Crippen LogP contribution in [0.15, 0.2) is 42.6 Å². The number of amides is 3. The Labute approximate surface area is 284 Å². The lowest BCUT2D eigenvalue weighted by atomic mass is 9.88. The van der Waals surface area contributed by atoms with Crippen molar-refractivity contribution in [2.75, 3.05) is 56.1 Å². The average molecular weight is 657 g/mol. The van der Waals surface area contributed by atoms with Gasteiger partial charge in [-0.2, -0.15) is 0 Å². The summed E-state index contributed by atoms with van der Waals surface area (Å²) in [6.45, 7) is 8.00. The van der Waals surface area contributed by atoms with Crippen molar-refractivity contribution in [1.82, 2.24) is 30.3 Å². The first-order chi connectivity index (χ1) is 23.4. The predicted octanol–water partition coefficient (Wildman–Crippen LogP) is 4.78. The molecular weight excluding hydrogens is 604 g/mol. The van der Waals surface area contributed by atoms with Gasteiger partial charge in [0, 0.05) is 63.3 Å². The molecule has 1 saturated carbocycles. The summed E-state index contributed by atoms with van der Waals surface area (Å²) in [5.41, 5.74) is 2.38. The predicted molar refractivity (Wildman–Crippen MR) is 189 cm³/mol. The van der Waals surface area contributed by atoms with E-state index in [1.54, 1.807) is 11.9 Å². The van der Waals surface area contributed by atoms with E-state index in [0.717, 1.165) is 87.2 Å². The van der Waals surface area contributed by atoms with Gasteiger partial charge in [0.05, 0.1) is 11.2 Å². The van der Waals surface area contributed by atoms with Gasteiger partial charge in [0.2, 0.25) is 12.3 Å². The van der Waals surface area contributed by atoms with Gasteiger partial charge in [-0.15, -0.1) is 10.2 Å². The Kier molecular flexibility index (Phi) is 11.3. The minimum Gasteiger partial charge on any atom is -0.359 e. The minimum absolute atomic E-state index is 0.0786. The second kappa shape index (κ2) is 15.9. The summed E-state index contributed by atoms with van der Waals surface area (Å²) < 4.78 is 2.37. The smallest absolute Gasteiger partial charge is 0.272 e. The van der Waals surface area contributed by atoms with Crippen LogP contribution in [0.1, 0.15) is 87.7 Å². The van der Waals surface area contributed by atoms with Crippen molar-refractivity contribution in [2.24, 2.45) is 11.8 Å². The van der Waals surface area contributed by atoms with Crippen LogP contribution in [-0.2, 0) is 9.59 Å². The molecule has 2 saturated heterocycles. The van der Waals surface area contributed by atoms with Crippen LogP contribution in [0.2, 0.25) is 0 Å². The molecule has 3 amide bonds. The van der Waals surface area contributed by atoms with Crippen molar-refractivity contribution >= 4 is 40.6 Å². The van der Waals surface area contributed by atoms with E-state index in [1.165, 1.54) is 32.1 Å². The molecule has 0 radical (unpaired) electrons. The Morgan fingerprint density at radius 2 is 1.73 bits per heavy atom. The molecule has 0 bridgehead atoms. The van der Waals surface area contributed by atoms with Crippen LogP contribution in [0.4, 0.5) is 11.5 Å². The number of fused-ring (bicyclic) bond motifs is 1. The Morgan fingerprint density at radius 3 is 2.42 bits per heavy atom. The molecule has 3 aliphatic rings. The van der Waals surface area contributed by atoms with Crippen molar-refractivity contribution in [2.45, 2.75) is 83.2 Å². The molecule has 3 aromatic rings. The van der Waals surface area contributed by atoms with E-state index in [1.807, 2.05) is 24.3 Å². The van der Waals surface area contributed by atoms with Crippen molar-refractivity contribution < 1.29 is 14.4 Å². The quantitative estimate of drug-likeness (QED) is 0.270. The summed E-state index contributed by atoms with van der Waals surface area (Å²) in [6, 6.07) is 12.6. The Morgan fingerprint density at radius 1 is 0.958 bits per heavy atom. The van der Waals surface area contributed by atoms with Crippen molar-refractivity contribution in [3.8, 4) is 0 Å². The number of hydrogen-bond donors (Lipinski definition) is 2. The first-order valence-corrected chi connectivity index (χ1v) is 18.1. The number of carbonyl (C=O) groups is 3. The number of anilines is 2. The van der Waals surface area contributed by atoms with Gasteiger partial charge < -0.3 is 29.9 Å². The van der Waals surface area contributed by atoms with Gasteiger partial charge in [-0.25, -0.2) is 0 Å².